The van der Waals surface area contributed by atoms with Crippen LogP contribution >= 0.6 is 23.4 Å². The van der Waals surface area contributed by atoms with Crippen molar-refractivity contribution < 1.29 is 0 Å². The fraction of sp³-hybridized carbons (Fsp3) is 0.267. The third kappa shape index (κ3) is 4.44. The zero-order valence-corrected chi connectivity index (χ0v) is 12.5. The van der Waals surface area contributed by atoms with E-state index in [-0.39, 0.29) is 0 Å². The van der Waals surface area contributed by atoms with Crippen molar-refractivity contribution in [3.05, 3.63) is 53.2 Å². The number of aromatic nitrogens is 1. The van der Waals surface area contributed by atoms with Gasteiger partial charge in [-0.25, -0.2) is 4.98 Å². The minimum atomic E-state index is 0.727. The molecule has 2 aromatic rings. The quantitative estimate of drug-likeness (QED) is 0.771. The number of anilines is 1. The summed E-state index contributed by atoms with van der Waals surface area (Å²) >= 11 is 7.94. The molecule has 4 heteroatoms. The molecule has 1 N–H and O–H groups in total. The maximum Gasteiger partial charge on any atom is 0.126 e. The highest BCUT2D eigenvalue weighted by molar-refractivity contribution is 7.98. The highest BCUT2D eigenvalue weighted by atomic mass is 35.5. The summed E-state index contributed by atoms with van der Waals surface area (Å²) in [5.74, 6) is 1.68. The molecule has 0 unspecified atom stereocenters. The van der Waals surface area contributed by atoms with Crippen molar-refractivity contribution in [2.75, 3.05) is 11.9 Å². The van der Waals surface area contributed by atoms with Gasteiger partial charge in [-0.1, -0.05) is 36.7 Å². The molecule has 2 nitrogen and oxygen atoms in total. The zero-order chi connectivity index (χ0) is 13.5. The Hall–Kier alpha value is -1.19. The first kappa shape index (κ1) is 14.2. The normalized spacial score (nSPS) is 10.4. The van der Waals surface area contributed by atoms with E-state index in [0.29, 0.717) is 0 Å². The summed E-state index contributed by atoms with van der Waals surface area (Å²) in [6.07, 6.45) is 1.08. The Morgan fingerprint density at radius 2 is 1.95 bits per heavy atom. The number of hydrogen-bond acceptors (Lipinski definition) is 3. The van der Waals surface area contributed by atoms with E-state index in [9.17, 15) is 0 Å². The van der Waals surface area contributed by atoms with Crippen molar-refractivity contribution in [1.82, 2.24) is 4.98 Å². The summed E-state index contributed by atoms with van der Waals surface area (Å²) in [6, 6.07) is 14.1. The Bertz CT molecular complexity index is 517. The van der Waals surface area contributed by atoms with E-state index in [4.69, 9.17) is 11.6 Å². The molecule has 0 fully saturated rings. The molecule has 2 rings (SSSR count). The van der Waals surface area contributed by atoms with E-state index in [0.717, 1.165) is 35.3 Å². The second kappa shape index (κ2) is 7.41. The number of nitrogens with zero attached hydrogens (tertiary/aromatic N) is 1. The van der Waals surface area contributed by atoms with Gasteiger partial charge < -0.3 is 5.32 Å². The Kier molecular flexibility index (Phi) is 5.55. The van der Waals surface area contributed by atoms with Crippen molar-refractivity contribution in [2.24, 2.45) is 0 Å². The molecule has 0 atom stereocenters. The SMILES string of the molecule is CCCNc1ccc(Cl)c(CSc2ccccc2)n1. The molecule has 100 valence electrons. The topological polar surface area (TPSA) is 24.9 Å². The van der Waals surface area contributed by atoms with Gasteiger partial charge in [0.05, 0.1) is 10.7 Å². The van der Waals surface area contributed by atoms with E-state index in [1.54, 1.807) is 11.8 Å². The number of hydrogen-bond donors (Lipinski definition) is 1. The number of thioether (sulfide) groups is 1. The lowest BCUT2D eigenvalue weighted by Crippen LogP contribution is -2.03. The fourth-order valence-corrected chi connectivity index (χ4v) is 2.73. The second-order valence-corrected chi connectivity index (χ2v) is 5.61. The first-order chi connectivity index (χ1) is 9.29. The summed E-state index contributed by atoms with van der Waals surface area (Å²) in [6.45, 7) is 3.06. The largest absolute Gasteiger partial charge is 0.370 e. The van der Waals surface area contributed by atoms with Crippen LogP contribution in [0, 0.1) is 0 Å². The first-order valence-electron chi connectivity index (χ1n) is 6.36. The highest BCUT2D eigenvalue weighted by Gasteiger charge is 2.05. The summed E-state index contributed by atoms with van der Waals surface area (Å²) in [5.41, 5.74) is 0.927. The van der Waals surface area contributed by atoms with Gasteiger partial charge in [-0.15, -0.1) is 11.8 Å². The molecular formula is C15H17ClN2S. The van der Waals surface area contributed by atoms with Gasteiger partial charge in [0.25, 0.3) is 0 Å². The van der Waals surface area contributed by atoms with E-state index in [1.165, 1.54) is 4.90 Å². The Labute approximate surface area is 123 Å². The van der Waals surface area contributed by atoms with Crippen LogP contribution in [-0.2, 0) is 5.75 Å². The van der Waals surface area contributed by atoms with E-state index in [1.807, 2.05) is 30.3 Å². The van der Waals surface area contributed by atoms with Crippen LogP contribution < -0.4 is 5.32 Å². The number of rotatable bonds is 6. The monoisotopic (exact) mass is 292 g/mol. The summed E-state index contributed by atoms with van der Waals surface area (Å²) < 4.78 is 0. The predicted octanol–water partition coefficient (Wildman–Crippen LogP) is 4.85. The number of halogens is 1. The maximum absolute atomic E-state index is 6.19. The maximum atomic E-state index is 6.19. The average Bonchev–Trinajstić information content (AvgIpc) is 2.46. The molecule has 1 heterocycles. The number of pyridine rings is 1. The summed E-state index contributed by atoms with van der Waals surface area (Å²) in [4.78, 5) is 5.79. The minimum Gasteiger partial charge on any atom is -0.370 e. The van der Waals surface area contributed by atoms with Crippen LogP contribution in [0.25, 0.3) is 0 Å². The lowest BCUT2D eigenvalue weighted by molar-refractivity contribution is 0.965. The second-order valence-electron chi connectivity index (χ2n) is 4.15. The molecule has 0 bridgehead atoms. The molecule has 1 aromatic carbocycles. The van der Waals surface area contributed by atoms with Gasteiger partial charge in [0, 0.05) is 17.2 Å². The molecule has 1 aromatic heterocycles. The molecule has 0 radical (unpaired) electrons. The minimum absolute atomic E-state index is 0.727. The molecular weight excluding hydrogens is 276 g/mol. The van der Waals surface area contributed by atoms with Crippen LogP contribution in [0.5, 0.6) is 0 Å². The first-order valence-corrected chi connectivity index (χ1v) is 7.73. The van der Waals surface area contributed by atoms with E-state index in [2.05, 4.69) is 29.4 Å². The van der Waals surface area contributed by atoms with Gasteiger partial charge in [-0.3, -0.25) is 0 Å². The van der Waals surface area contributed by atoms with E-state index < -0.39 is 0 Å². The molecule has 0 aliphatic rings. The molecule has 0 saturated carbocycles. The lowest BCUT2D eigenvalue weighted by atomic mass is 10.3. The van der Waals surface area contributed by atoms with Gasteiger partial charge in [-0.05, 0) is 30.7 Å². The van der Waals surface area contributed by atoms with Crippen molar-refractivity contribution >= 4 is 29.2 Å². The summed E-state index contributed by atoms with van der Waals surface area (Å²) in [5, 5.41) is 4.01. The third-order valence-corrected chi connectivity index (χ3v) is 3.96. The fourth-order valence-electron chi connectivity index (χ4n) is 1.61. The van der Waals surface area contributed by atoms with Crippen LogP contribution in [0.4, 0.5) is 5.82 Å². The molecule has 0 saturated heterocycles. The molecule has 0 aliphatic carbocycles. The van der Waals surface area contributed by atoms with Crippen molar-refractivity contribution in [3.63, 3.8) is 0 Å². The van der Waals surface area contributed by atoms with Crippen molar-refractivity contribution in [1.29, 1.82) is 0 Å². The van der Waals surface area contributed by atoms with E-state index >= 15 is 0 Å². The molecule has 0 amide bonds. The zero-order valence-electron chi connectivity index (χ0n) is 10.9. The number of nitrogens with one attached hydrogen (secondary N) is 1. The lowest BCUT2D eigenvalue weighted by Gasteiger charge is -2.08. The van der Waals surface area contributed by atoms with Gasteiger partial charge in [-0.2, -0.15) is 0 Å². The number of benzene rings is 1. The van der Waals surface area contributed by atoms with Crippen molar-refractivity contribution in [2.45, 2.75) is 24.0 Å². The van der Waals surface area contributed by atoms with Crippen LogP contribution in [0.15, 0.2) is 47.4 Å². The highest BCUT2D eigenvalue weighted by Crippen LogP contribution is 2.26. The predicted molar refractivity (Wildman–Crippen MR) is 84.0 cm³/mol. The van der Waals surface area contributed by atoms with Gasteiger partial charge in [0.15, 0.2) is 0 Å². The van der Waals surface area contributed by atoms with Gasteiger partial charge >= 0.3 is 0 Å². The standard InChI is InChI=1S/C15H17ClN2S/c1-2-10-17-15-9-8-13(16)14(18-15)11-19-12-6-4-3-5-7-12/h3-9H,2,10-11H2,1H3,(H,17,18). The van der Waals surface area contributed by atoms with Crippen LogP contribution in [-0.4, -0.2) is 11.5 Å². The van der Waals surface area contributed by atoms with Gasteiger partial charge in [0.2, 0.25) is 0 Å². The van der Waals surface area contributed by atoms with Crippen LogP contribution in [0.1, 0.15) is 19.0 Å². The molecule has 0 spiro atoms. The Balaban J connectivity index is 2.02. The van der Waals surface area contributed by atoms with Crippen molar-refractivity contribution in [3.8, 4) is 0 Å². The van der Waals surface area contributed by atoms with Gasteiger partial charge in [0.1, 0.15) is 5.82 Å². The Morgan fingerprint density at radius 1 is 1.16 bits per heavy atom. The average molecular weight is 293 g/mol. The molecule has 19 heavy (non-hydrogen) atoms. The summed E-state index contributed by atoms with van der Waals surface area (Å²) in [7, 11) is 0. The molecule has 0 aliphatic heterocycles. The smallest absolute Gasteiger partial charge is 0.126 e. The van der Waals surface area contributed by atoms with Crippen LogP contribution in [0.3, 0.4) is 0 Å². The van der Waals surface area contributed by atoms with Crippen LogP contribution in [0.2, 0.25) is 5.02 Å². The third-order valence-electron chi connectivity index (χ3n) is 2.59. The Morgan fingerprint density at radius 3 is 2.68 bits per heavy atom.